The molecule has 0 radical (unpaired) electrons. The van der Waals surface area contributed by atoms with Crippen molar-refractivity contribution in [3.05, 3.63) is 6.33 Å². The molecule has 0 bridgehead atoms. The Bertz CT molecular complexity index is 460. The van der Waals surface area contributed by atoms with E-state index in [9.17, 15) is 4.79 Å². The van der Waals surface area contributed by atoms with Crippen molar-refractivity contribution < 1.29 is 9.53 Å². The molecule has 0 saturated heterocycles. The fraction of sp³-hybridized carbons (Fsp3) is 0.800. The zero-order valence-corrected chi connectivity index (χ0v) is 14.3. The van der Waals surface area contributed by atoms with Crippen molar-refractivity contribution >= 4 is 17.7 Å². The van der Waals surface area contributed by atoms with Crippen LogP contribution in [0.2, 0.25) is 0 Å². The Morgan fingerprint density at radius 2 is 2.23 bits per heavy atom. The van der Waals surface area contributed by atoms with Gasteiger partial charge in [0.15, 0.2) is 5.16 Å². The summed E-state index contributed by atoms with van der Waals surface area (Å²) in [5, 5.41) is 8.85. The molecular formula is C15H26N4O2S. The lowest BCUT2D eigenvalue weighted by atomic mass is 9.94. The van der Waals surface area contributed by atoms with Gasteiger partial charge in [0.25, 0.3) is 0 Å². The molecule has 1 fully saturated rings. The van der Waals surface area contributed by atoms with Crippen molar-refractivity contribution in [1.82, 2.24) is 19.7 Å². The topological polar surface area (TPSA) is 60.2 Å². The van der Waals surface area contributed by atoms with E-state index in [0.717, 1.165) is 31.0 Å². The number of aryl methyl sites for hydroxylation is 1. The summed E-state index contributed by atoms with van der Waals surface area (Å²) < 4.78 is 7.04. The molecule has 0 unspecified atom stereocenters. The van der Waals surface area contributed by atoms with Crippen molar-refractivity contribution in [2.75, 3.05) is 26.5 Å². The highest BCUT2D eigenvalue weighted by Gasteiger charge is 2.22. The molecule has 1 aromatic rings. The largest absolute Gasteiger partial charge is 0.385 e. The molecule has 7 heteroatoms. The van der Waals surface area contributed by atoms with Gasteiger partial charge in [-0.25, -0.2) is 0 Å². The van der Waals surface area contributed by atoms with E-state index in [1.807, 2.05) is 16.5 Å². The van der Waals surface area contributed by atoms with Crippen LogP contribution in [0.5, 0.6) is 0 Å². The molecule has 0 aliphatic heterocycles. The van der Waals surface area contributed by atoms with Crippen LogP contribution >= 0.6 is 11.8 Å². The van der Waals surface area contributed by atoms with Crippen LogP contribution in [0.25, 0.3) is 0 Å². The molecule has 1 aliphatic carbocycles. The van der Waals surface area contributed by atoms with Gasteiger partial charge in [0.1, 0.15) is 6.33 Å². The molecule has 1 heterocycles. The van der Waals surface area contributed by atoms with Gasteiger partial charge in [0.2, 0.25) is 5.91 Å². The van der Waals surface area contributed by atoms with Gasteiger partial charge in [0.05, 0.1) is 5.75 Å². The van der Waals surface area contributed by atoms with E-state index in [2.05, 4.69) is 10.2 Å². The molecule has 0 N–H and O–H groups in total. The average molecular weight is 326 g/mol. The molecule has 2 rings (SSSR count). The van der Waals surface area contributed by atoms with E-state index < -0.39 is 0 Å². The highest BCUT2D eigenvalue weighted by molar-refractivity contribution is 7.99. The Labute approximate surface area is 136 Å². The smallest absolute Gasteiger partial charge is 0.233 e. The molecule has 0 spiro atoms. The van der Waals surface area contributed by atoms with Crippen molar-refractivity contribution in [2.24, 2.45) is 0 Å². The predicted octanol–water partition coefficient (Wildman–Crippen LogP) is 2.20. The van der Waals surface area contributed by atoms with Crippen LogP contribution in [0.3, 0.4) is 0 Å². The third kappa shape index (κ3) is 4.98. The number of rotatable bonds is 8. The first kappa shape index (κ1) is 17.3. The van der Waals surface area contributed by atoms with E-state index in [-0.39, 0.29) is 5.91 Å². The fourth-order valence-corrected chi connectivity index (χ4v) is 3.65. The quantitative estimate of drug-likeness (QED) is 0.541. The Morgan fingerprint density at radius 1 is 1.45 bits per heavy atom. The predicted molar refractivity (Wildman–Crippen MR) is 86.9 cm³/mol. The third-order valence-corrected chi connectivity index (χ3v) is 5.13. The van der Waals surface area contributed by atoms with Gasteiger partial charge in [-0.2, -0.15) is 0 Å². The number of nitrogens with zero attached hydrogens (tertiary/aromatic N) is 4. The number of amides is 1. The Kier molecular flexibility index (Phi) is 7.18. The average Bonchev–Trinajstić information content (AvgIpc) is 3.00. The minimum Gasteiger partial charge on any atom is -0.385 e. The minimum absolute atomic E-state index is 0.184. The minimum atomic E-state index is 0.184. The lowest BCUT2D eigenvalue weighted by molar-refractivity contribution is -0.129. The van der Waals surface area contributed by atoms with Crippen LogP contribution in [-0.4, -0.2) is 58.1 Å². The summed E-state index contributed by atoms with van der Waals surface area (Å²) in [6.45, 7) is 1.53. The van der Waals surface area contributed by atoms with Crippen LogP contribution in [0.1, 0.15) is 38.5 Å². The second-order valence-corrected chi connectivity index (χ2v) is 6.68. The summed E-state index contributed by atoms with van der Waals surface area (Å²) in [5.74, 6) is 0.610. The Balaban J connectivity index is 1.79. The molecular weight excluding hydrogens is 300 g/mol. The highest BCUT2D eigenvalue weighted by Crippen LogP contribution is 2.23. The van der Waals surface area contributed by atoms with E-state index in [0.29, 0.717) is 18.4 Å². The second kappa shape index (κ2) is 9.15. The number of thioether (sulfide) groups is 1. The van der Waals surface area contributed by atoms with Crippen LogP contribution < -0.4 is 0 Å². The van der Waals surface area contributed by atoms with Crippen molar-refractivity contribution in [1.29, 1.82) is 0 Å². The molecule has 22 heavy (non-hydrogen) atoms. The number of ether oxygens (including phenoxy) is 1. The molecule has 124 valence electrons. The van der Waals surface area contributed by atoms with Gasteiger partial charge in [-0.1, -0.05) is 31.0 Å². The van der Waals surface area contributed by atoms with Gasteiger partial charge < -0.3 is 14.2 Å². The molecule has 0 aromatic carbocycles. The SMILES string of the molecule is COCCCn1cnnc1SCC(=O)N(C)C1CCCCC1. The van der Waals surface area contributed by atoms with E-state index >= 15 is 0 Å². The molecule has 1 aromatic heterocycles. The lowest BCUT2D eigenvalue weighted by Gasteiger charge is -2.31. The van der Waals surface area contributed by atoms with Crippen molar-refractivity contribution in [2.45, 2.75) is 56.3 Å². The zero-order valence-electron chi connectivity index (χ0n) is 13.5. The third-order valence-electron chi connectivity index (χ3n) is 4.17. The van der Waals surface area contributed by atoms with E-state index in [1.54, 1.807) is 13.4 Å². The number of methoxy groups -OCH3 is 1. The normalized spacial score (nSPS) is 15.9. The van der Waals surface area contributed by atoms with Gasteiger partial charge in [-0.3, -0.25) is 4.79 Å². The number of hydrogen-bond acceptors (Lipinski definition) is 5. The van der Waals surface area contributed by atoms with Crippen LogP contribution in [-0.2, 0) is 16.1 Å². The van der Waals surface area contributed by atoms with Gasteiger partial charge in [-0.15, -0.1) is 10.2 Å². The summed E-state index contributed by atoms with van der Waals surface area (Å²) in [5.41, 5.74) is 0. The molecule has 6 nitrogen and oxygen atoms in total. The number of carbonyl (C=O) groups is 1. The first-order valence-corrected chi connectivity index (χ1v) is 8.96. The number of carbonyl (C=O) groups excluding carboxylic acids is 1. The molecule has 1 saturated carbocycles. The summed E-state index contributed by atoms with van der Waals surface area (Å²) in [4.78, 5) is 14.3. The standard InChI is InChI=1S/C15H26N4O2S/c1-18(13-7-4-3-5-8-13)14(20)11-22-15-17-16-12-19(15)9-6-10-21-2/h12-13H,3-11H2,1-2H3. The van der Waals surface area contributed by atoms with Gasteiger partial charge in [-0.05, 0) is 19.3 Å². The summed E-state index contributed by atoms with van der Waals surface area (Å²) in [6, 6.07) is 0.418. The van der Waals surface area contributed by atoms with Crippen LogP contribution in [0.4, 0.5) is 0 Å². The van der Waals surface area contributed by atoms with Crippen molar-refractivity contribution in [3.63, 3.8) is 0 Å². The first-order valence-electron chi connectivity index (χ1n) is 7.97. The zero-order chi connectivity index (χ0) is 15.8. The maximum atomic E-state index is 12.3. The van der Waals surface area contributed by atoms with E-state index in [1.165, 1.54) is 31.0 Å². The molecule has 1 amide bonds. The Morgan fingerprint density at radius 3 is 2.95 bits per heavy atom. The summed E-state index contributed by atoms with van der Waals surface area (Å²) >= 11 is 1.47. The summed E-state index contributed by atoms with van der Waals surface area (Å²) in [7, 11) is 3.63. The van der Waals surface area contributed by atoms with Crippen LogP contribution in [0.15, 0.2) is 11.5 Å². The summed E-state index contributed by atoms with van der Waals surface area (Å²) in [6.07, 6.45) is 8.69. The first-order chi connectivity index (χ1) is 10.7. The van der Waals surface area contributed by atoms with Crippen molar-refractivity contribution in [3.8, 4) is 0 Å². The van der Waals surface area contributed by atoms with E-state index in [4.69, 9.17) is 4.74 Å². The Hall–Kier alpha value is -1.08. The molecule has 1 aliphatic rings. The maximum Gasteiger partial charge on any atom is 0.233 e. The lowest BCUT2D eigenvalue weighted by Crippen LogP contribution is -2.39. The highest BCUT2D eigenvalue weighted by atomic mass is 32.2. The monoisotopic (exact) mass is 326 g/mol. The second-order valence-electron chi connectivity index (χ2n) is 5.74. The molecule has 0 atom stereocenters. The number of aromatic nitrogens is 3. The van der Waals surface area contributed by atoms with Gasteiger partial charge >= 0.3 is 0 Å². The maximum absolute atomic E-state index is 12.3. The number of hydrogen-bond donors (Lipinski definition) is 0. The van der Waals surface area contributed by atoms with Gasteiger partial charge in [0, 0.05) is 33.4 Å². The fourth-order valence-electron chi connectivity index (χ4n) is 2.79. The van der Waals surface area contributed by atoms with Crippen LogP contribution in [0, 0.1) is 0 Å².